The van der Waals surface area contributed by atoms with Gasteiger partial charge in [-0.3, -0.25) is 4.40 Å². The highest BCUT2D eigenvalue weighted by atomic mass is 16.5. The van der Waals surface area contributed by atoms with Gasteiger partial charge >= 0.3 is 0 Å². The molecule has 2 aromatic heterocycles. The molecule has 17 heavy (non-hydrogen) atoms. The number of rotatable bonds is 3. The number of fused-ring (bicyclic) bond motifs is 1. The smallest absolute Gasteiger partial charge is 0.260 e. The summed E-state index contributed by atoms with van der Waals surface area (Å²) in [4.78, 5) is 4.22. The van der Waals surface area contributed by atoms with Crippen LogP contribution in [0.2, 0.25) is 0 Å². The quantitative estimate of drug-likeness (QED) is 0.832. The van der Waals surface area contributed by atoms with Crippen LogP contribution in [0, 0.1) is 12.8 Å². The number of nitrogens with one attached hydrogen (secondary N) is 1. The van der Waals surface area contributed by atoms with Gasteiger partial charge in [-0.2, -0.15) is 0 Å². The van der Waals surface area contributed by atoms with Crippen molar-refractivity contribution in [2.75, 3.05) is 19.7 Å². The van der Waals surface area contributed by atoms with Crippen LogP contribution in [-0.2, 0) is 0 Å². The molecule has 3 rings (SSSR count). The third-order valence-electron chi connectivity index (χ3n) is 3.08. The molecule has 1 unspecified atom stereocenters. The molecule has 1 saturated heterocycles. The van der Waals surface area contributed by atoms with Crippen molar-refractivity contribution in [1.29, 1.82) is 0 Å². The average molecular weight is 233 g/mol. The highest BCUT2D eigenvalue weighted by Gasteiger charge is 2.16. The normalized spacial score (nSPS) is 19.9. The SMILES string of the molecule is Cc1nnc2c(OCC3CCNC3)nccn12. The minimum absolute atomic E-state index is 0.569. The first-order chi connectivity index (χ1) is 8.34. The van der Waals surface area contributed by atoms with E-state index in [9.17, 15) is 0 Å². The fourth-order valence-corrected chi connectivity index (χ4v) is 2.07. The monoisotopic (exact) mass is 233 g/mol. The molecule has 1 fully saturated rings. The van der Waals surface area contributed by atoms with E-state index in [2.05, 4.69) is 20.5 Å². The van der Waals surface area contributed by atoms with Crippen LogP contribution in [0.4, 0.5) is 0 Å². The van der Waals surface area contributed by atoms with Crippen molar-refractivity contribution in [2.45, 2.75) is 13.3 Å². The van der Waals surface area contributed by atoms with E-state index in [1.165, 1.54) is 0 Å². The van der Waals surface area contributed by atoms with E-state index < -0.39 is 0 Å². The molecule has 1 aliphatic rings. The Kier molecular flexibility index (Phi) is 2.64. The van der Waals surface area contributed by atoms with Gasteiger partial charge < -0.3 is 10.1 Å². The molecule has 0 aromatic carbocycles. The third kappa shape index (κ3) is 1.95. The summed E-state index contributed by atoms with van der Waals surface area (Å²) in [6.45, 7) is 4.70. The molecule has 0 saturated carbocycles. The van der Waals surface area contributed by atoms with E-state index in [1.807, 2.05) is 17.5 Å². The van der Waals surface area contributed by atoms with Gasteiger partial charge in [-0.05, 0) is 19.9 Å². The Balaban J connectivity index is 1.79. The van der Waals surface area contributed by atoms with E-state index in [1.54, 1.807) is 6.20 Å². The Labute approximate surface area is 99.0 Å². The maximum Gasteiger partial charge on any atom is 0.260 e. The molecule has 0 spiro atoms. The number of hydrogen-bond donors (Lipinski definition) is 1. The minimum atomic E-state index is 0.569. The molecule has 1 atom stereocenters. The molecule has 0 amide bonds. The average Bonchev–Trinajstić information content (AvgIpc) is 2.97. The largest absolute Gasteiger partial charge is 0.475 e. The summed E-state index contributed by atoms with van der Waals surface area (Å²) in [5, 5.41) is 11.4. The Morgan fingerprint density at radius 3 is 3.29 bits per heavy atom. The second-order valence-electron chi connectivity index (χ2n) is 4.34. The van der Waals surface area contributed by atoms with Crippen LogP contribution >= 0.6 is 0 Å². The lowest BCUT2D eigenvalue weighted by Gasteiger charge is -2.10. The maximum absolute atomic E-state index is 5.74. The Morgan fingerprint density at radius 2 is 2.47 bits per heavy atom. The zero-order valence-electron chi connectivity index (χ0n) is 9.76. The van der Waals surface area contributed by atoms with Gasteiger partial charge in [-0.1, -0.05) is 0 Å². The fraction of sp³-hybridized carbons (Fsp3) is 0.545. The van der Waals surface area contributed by atoms with Crippen LogP contribution in [-0.4, -0.2) is 39.3 Å². The van der Waals surface area contributed by atoms with Crippen LogP contribution in [0.5, 0.6) is 5.88 Å². The van der Waals surface area contributed by atoms with E-state index >= 15 is 0 Å². The number of aryl methyl sites for hydroxylation is 1. The predicted octanol–water partition coefficient (Wildman–Crippen LogP) is 0.421. The van der Waals surface area contributed by atoms with Gasteiger partial charge in [0, 0.05) is 24.9 Å². The molecule has 1 N–H and O–H groups in total. The molecule has 0 radical (unpaired) electrons. The second-order valence-corrected chi connectivity index (χ2v) is 4.34. The van der Waals surface area contributed by atoms with Gasteiger partial charge in [-0.25, -0.2) is 4.98 Å². The molecule has 90 valence electrons. The summed E-state index contributed by atoms with van der Waals surface area (Å²) >= 11 is 0. The van der Waals surface area contributed by atoms with Crippen molar-refractivity contribution in [2.24, 2.45) is 5.92 Å². The number of hydrogen-bond acceptors (Lipinski definition) is 5. The summed E-state index contributed by atoms with van der Waals surface area (Å²) in [5.74, 6) is 1.98. The summed E-state index contributed by atoms with van der Waals surface area (Å²) in [7, 11) is 0. The van der Waals surface area contributed by atoms with E-state index in [4.69, 9.17) is 4.74 Å². The van der Waals surface area contributed by atoms with Crippen molar-refractivity contribution < 1.29 is 4.74 Å². The number of nitrogens with zero attached hydrogens (tertiary/aromatic N) is 4. The van der Waals surface area contributed by atoms with E-state index in [-0.39, 0.29) is 0 Å². The van der Waals surface area contributed by atoms with Gasteiger partial charge in [0.2, 0.25) is 5.65 Å². The highest BCUT2D eigenvalue weighted by molar-refractivity contribution is 5.48. The lowest BCUT2D eigenvalue weighted by atomic mass is 10.1. The lowest BCUT2D eigenvalue weighted by molar-refractivity contribution is 0.252. The second kappa shape index (κ2) is 4.29. The molecule has 2 aromatic rings. The van der Waals surface area contributed by atoms with Gasteiger partial charge in [0.25, 0.3) is 5.88 Å². The van der Waals surface area contributed by atoms with Crippen LogP contribution in [0.1, 0.15) is 12.2 Å². The molecule has 0 aliphatic carbocycles. The van der Waals surface area contributed by atoms with Gasteiger partial charge in [0.1, 0.15) is 5.82 Å². The third-order valence-corrected chi connectivity index (χ3v) is 3.08. The van der Waals surface area contributed by atoms with E-state index in [0.717, 1.165) is 25.3 Å². The maximum atomic E-state index is 5.74. The Bertz CT molecular complexity index is 518. The van der Waals surface area contributed by atoms with Crippen molar-refractivity contribution in [3.63, 3.8) is 0 Å². The topological polar surface area (TPSA) is 64.3 Å². The van der Waals surface area contributed by atoms with Crippen LogP contribution in [0.25, 0.3) is 5.65 Å². The molecule has 6 heteroatoms. The molecule has 6 nitrogen and oxygen atoms in total. The molecule has 1 aliphatic heterocycles. The first-order valence-corrected chi connectivity index (χ1v) is 5.84. The van der Waals surface area contributed by atoms with Crippen LogP contribution in [0.15, 0.2) is 12.4 Å². The Morgan fingerprint density at radius 1 is 1.53 bits per heavy atom. The van der Waals surface area contributed by atoms with Gasteiger partial charge in [0.05, 0.1) is 6.61 Å². The van der Waals surface area contributed by atoms with Crippen molar-refractivity contribution in [3.8, 4) is 5.88 Å². The fourth-order valence-electron chi connectivity index (χ4n) is 2.07. The summed E-state index contributed by atoms with van der Waals surface area (Å²) in [6, 6.07) is 0. The molecular formula is C11H15N5O. The summed E-state index contributed by atoms with van der Waals surface area (Å²) in [5.41, 5.74) is 0.691. The van der Waals surface area contributed by atoms with Gasteiger partial charge in [-0.15, -0.1) is 10.2 Å². The minimum Gasteiger partial charge on any atom is -0.475 e. The van der Waals surface area contributed by atoms with Crippen LogP contribution < -0.4 is 10.1 Å². The van der Waals surface area contributed by atoms with Crippen molar-refractivity contribution in [1.82, 2.24) is 24.9 Å². The van der Waals surface area contributed by atoms with E-state index in [0.29, 0.717) is 24.1 Å². The van der Waals surface area contributed by atoms with Gasteiger partial charge in [0.15, 0.2) is 0 Å². The van der Waals surface area contributed by atoms with Crippen molar-refractivity contribution in [3.05, 3.63) is 18.2 Å². The molecule has 0 bridgehead atoms. The Hall–Kier alpha value is -1.69. The zero-order chi connectivity index (χ0) is 11.7. The zero-order valence-corrected chi connectivity index (χ0v) is 9.76. The molecule has 3 heterocycles. The molecular weight excluding hydrogens is 218 g/mol. The van der Waals surface area contributed by atoms with Crippen LogP contribution in [0.3, 0.4) is 0 Å². The lowest BCUT2D eigenvalue weighted by Crippen LogP contribution is -2.16. The standard InChI is InChI=1S/C11H15N5O/c1-8-14-15-10-11(13-4-5-16(8)10)17-7-9-2-3-12-6-9/h4-5,9,12H,2-3,6-7H2,1H3. The summed E-state index contributed by atoms with van der Waals surface area (Å²) < 4.78 is 7.63. The summed E-state index contributed by atoms with van der Waals surface area (Å²) in [6.07, 6.45) is 4.72. The first-order valence-electron chi connectivity index (χ1n) is 5.84. The van der Waals surface area contributed by atoms with Crippen molar-refractivity contribution >= 4 is 5.65 Å². The predicted molar refractivity (Wildman–Crippen MR) is 62.0 cm³/mol. The number of ether oxygens (including phenoxy) is 1. The number of aromatic nitrogens is 4. The highest BCUT2D eigenvalue weighted by Crippen LogP contribution is 2.16. The first kappa shape index (κ1) is 10.5.